The highest BCUT2D eigenvalue weighted by Gasteiger charge is 2.17. The van der Waals surface area contributed by atoms with Gasteiger partial charge in [-0.05, 0) is 37.5 Å². The normalized spacial score (nSPS) is 19.5. The Balaban J connectivity index is 0.00000243. The zero-order valence-electron chi connectivity index (χ0n) is 15.1. The van der Waals surface area contributed by atoms with Gasteiger partial charge in [-0.15, -0.1) is 24.0 Å². The van der Waals surface area contributed by atoms with Crippen molar-refractivity contribution in [1.82, 2.24) is 10.6 Å². The van der Waals surface area contributed by atoms with Gasteiger partial charge < -0.3 is 24.8 Å². The van der Waals surface area contributed by atoms with Gasteiger partial charge in [-0.2, -0.15) is 0 Å². The second-order valence-corrected chi connectivity index (χ2v) is 6.57. The Kier molecular flexibility index (Phi) is 9.07. The van der Waals surface area contributed by atoms with Gasteiger partial charge in [0.2, 0.25) is 0 Å². The van der Waals surface area contributed by atoms with Crippen LogP contribution in [0.25, 0.3) is 0 Å². The van der Waals surface area contributed by atoms with Crippen LogP contribution in [0.1, 0.15) is 31.7 Å². The third-order valence-corrected chi connectivity index (χ3v) is 4.43. The molecule has 1 saturated heterocycles. The van der Waals surface area contributed by atoms with Crippen molar-refractivity contribution in [1.29, 1.82) is 0 Å². The van der Waals surface area contributed by atoms with Crippen LogP contribution in [-0.4, -0.2) is 45.0 Å². The number of hydrogen-bond acceptors (Lipinski definition) is 4. The van der Waals surface area contributed by atoms with E-state index >= 15 is 0 Å². The fraction of sp³-hybridized carbons (Fsp3) is 0.611. The quantitative estimate of drug-likeness (QED) is 0.373. The van der Waals surface area contributed by atoms with E-state index in [0.717, 1.165) is 50.5 Å². The SMILES string of the molecule is CCNC(=NCc1cc(Cl)c2c(c1)OCCCO2)NCC1CCCO1.I. The molecule has 2 aliphatic heterocycles. The first kappa shape index (κ1) is 21.4. The summed E-state index contributed by atoms with van der Waals surface area (Å²) in [6.45, 7) is 6.26. The second-order valence-electron chi connectivity index (χ2n) is 6.17. The molecule has 2 N–H and O–H groups in total. The number of nitrogens with one attached hydrogen (secondary N) is 2. The van der Waals surface area contributed by atoms with Crippen molar-refractivity contribution in [2.24, 2.45) is 4.99 Å². The van der Waals surface area contributed by atoms with Gasteiger partial charge in [0, 0.05) is 26.1 Å². The highest BCUT2D eigenvalue weighted by molar-refractivity contribution is 14.0. The van der Waals surface area contributed by atoms with Gasteiger partial charge in [-0.25, -0.2) is 4.99 Å². The van der Waals surface area contributed by atoms with Gasteiger partial charge in [0.15, 0.2) is 17.5 Å². The topological polar surface area (TPSA) is 64.1 Å². The van der Waals surface area contributed by atoms with Gasteiger partial charge in [0.25, 0.3) is 0 Å². The van der Waals surface area contributed by atoms with E-state index in [0.29, 0.717) is 36.3 Å². The third-order valence-electron chi connectivity index (χ3n) is 4.15. The van der Waals surface area contributed by atoms with Crippen molar-refractivity contribution < 1.29 is 14.2 Å². The predicted molar refractivity (Wildman–Crippen MR) is 114 cm³/mol. The van der Waals surface area contributed by atoms with E-state index in [2.05, 4.69) is 15.6 Å². The van der Waals surface area contributed by atoms with Crippen LogP contribution < -0.4 is 20.1 Å². The van der Waals surface area contributed by atoms with Gasteiger partial charge in [0.1, 0.15) is 0 Å². The molecule has 2 heterocycles. The van der Waals surface area contributed by atoms with E-state index in [1.54, 1.807) is 0 Å². The Hall–Kier alpha value is -0.930. The molecule has 0 amide bonds. The first-order chi connectivity index (χ1) is 12.3. The lowest BCUT2D eigenvalue weighted by atomic mass is 10.2. The van der Waals surface area contributed by atoms with Crippen molar-refractivity contribution in [2.75, 3.05) is 32.9 Å². The zero-order chi connectivity index (χ0) is 17.5. The maximum atomic E-state index is 6.34. The fourth-order valence-corrected chi connectivity index (χ4v) is 3.19. The summed E-state index contributed by atoms with van der Waals surface area (Å²) < 4.78 is 17.0. The summed E-state index contributed by atoms with van der Waals surface area (Å²) in [5.41, 5.74) is 0.989. The number of ether oxygens (including phenoxy) is 3. The molecule has 146 valence electrons. The van der Waals surface area contributed by atoms with Crippen LogP contribution in [-0.2, 0) is 11.3 Å². The molecule has 6 nitrogen and oxygen atoms in total. The molecule has 1 fully saturated rings. The minimum atomic E-state index is 0. The van der Waals surface area contributed by atoms with E-state index in [9.17, 15) is 0 Å². The molecular weight excluding hydrogens is 469 g/mol. The lowest BCUT2D eigenvalue weighted by Gasteiger charge is -2.15. The summed E-state index contributed by atoms with van der Waals surface area (Å²) in [5.74, 6) is 2.11. The summed E-state index contributed by atoms with van der Waals surface area (Å²) in [6.07, 6.45) is 3.37. The number of guanidine groups is 1. The molecule has 0 bridgehead atoms. The van der Waals surface area contributed by atoms with Crippen molar-refractivity contribution in [2.45, 2.75) is 38.8 Å². The highest BCUT2D eigenvalue weighted by Crippen LogP contribution is 2.38. The van der Waals surface area contributed by atoms with Gasteiger partial charge in [0.05, 0.1) is 30.9 Å². The molecule has 0 radical (unpaired) electrons. The first-order valence-corrected chi connectivity index (χ1v) is 9.36. The summed E-state index contributed by atoms with van der Waals surface area (Å²) in [7, 11) is 0. The molecule has 26 heavy (non-hydrogen) atoms. The molecule has 0 saturated carbocycles. The summed E-state index contributed by atoms with van der Waals surface area (Å²) in [6, 6.07) is 3.85. The number of halogens is 2. The average molecular weight is 496 g/mol. The molecule has 0 aliphatic carbocycles. The third kappa shape index (κ3) is 6.06. The molecule has 8 heteroatoms. The van der Waals surface area contributed by atoms with Gasteiger partial charge in [-0.3, -0.25) is 0 Å². The minimum Gasteiger partial charge on any atom is -0.489 e. The Morgan fingerprint density at radius 1 is 1.19 bits per heavy atom. The number of nitrogens with zero attached hydrogens (tertiary/aromatic N) is 1. The molecule has 1 aromatic carbocycles. The van der Waals surface area contributed by atoms with Crippen molar-refractivity contribution >= 4 is 41.5 Å². The van der Waals surface area contributed by atoms with Crippen LogP contribution in [0, 0.1) is 0 Å². The molecular formula is C18H27ClIN3O3. The number of fused-ring (bicyclic) bond motifs is 1. The molecule has 1 aromatic rings. The van der Waals surface area contributed by atoms with Gasteiger partial charge in [-0.1, -0.05) is 11.6 Å². The Bertz CT molecular complexity index is 610. The summed E-state index contributed by atoms with van der Waals surface area (Å²) >= 11 is 6.34. The van der Waals surface area contributed by atoms with Crippen LogP contribution in [0.4, 0.5) is 0 Å². The number of benzene rings is 1. The van der Waals surface area contributed by atoms with Crippen molar-refractivity contribution in [3.63, 3.8) is 0 Å². The van der Waals surface area contributed by atoms with E-state index < -0.39 is 0 Å². The number of hydrogen-bond donors (Lipinski definition) is 2. The Morgan fingerprint density at radius 2 is 2.04 bits per heavy atom. The molecule has 3 rings (SSSR count). The van der Waals surface area contributed by atoms with E-state index in [1.165, 1.54) is 0 Å². The average Bonchev–Trinajstić information content (AvgIpc) is 3.01. The van der Waals surface area contributed by atoms with Crippen LogP contribution in [0.5, 0.6) is 11.5 Å². The maximum Gasteiger partial charge on any atom is 0.191 e. The van der Waals surface area contributed by atoms with Gasteiger partial charge >= 0.3 is 0 Å². The first-order valence-electron chi connectivity index (χ1n) is 8.98. The number of aliphatic imine (C=N–C) groups is 1. The lowest BCUT2D eigenvalue weighted by Crippen LogP contribution is -2.41. The summed E-state index contributed by atoms with van der Waals surface area (Å²) in [4.78, 5) is 4.64. The largest absolute Gasteiger partial charge is 0.489 e. The smallest absolute Gasteiger partial charge is 0.191 e. The second kappa shape index (κ2) is 11.0. The van der Waals surface area contributed by atoms with Crippen LogP contribution in [0.2, 0.25) is 5.02 Å². The maximum absolute atomic E-state index is 6.34. The van der Waals surface area contributed by atoms with E-state index in [1.807, 2.05) is 19.1 Å². The molecule has 1 atom stereocenters. The minimum absolute atomic E-state index is 0. The molecule has 0 spiro atoms. The van der Waals surface area contributed by atoms with E-state index in [4.69, 9.17) is 25.8 Å². The standard InChI is InChI=1S/C18H26ClN3O3.HI/c1-2-20-18(22-12-14-5-3-6-23-14)21-11-13-9-15(19)17-16(10-13)24-7-4-8-25-17;/h9-10,14H,2-8,11-12H2,1H3,(H2,20,21,22);1H. The van der Waals surface area contributed by atoms with Crippen molar-refractivity contribution in [3.05, 3.63) is 22.7 Å². The Morgan fingerprint density at radius 3 is 2.81 bits per heavy atom. The zero-order valence-corrected chi connectivity index (χ0v) is 18.1. The number of rotatable bonds is 5. The molecule has 1 unspecified atom stereocenters. The summed E-state index contributed by atoms with van der Waals surface area (Å²) in [5, 5.41) is 7.17. The highest BCUT2D eigenvalue weighted by atomic mass is 127. The molecule has 0 aromatic heterocycles. The van der Waals surface area contributed by atoms with Crippen molar-refractivity contribution in [3.8, 4) is 11.5 Å². The Labute approximate surface area is 177 Å². The predicted octanol–water partition coefficient (Wildman–Crippen LogP) is 3.35. The monoisotopic (exact) mass is 495 g/mol. The lowest BCUT2D eigenvalue weighted by molar-refractivity contribution is 0.114. The fourth-order valence-electron chi connectivity index (χ4n) is 2.90. The van der Waals surface area contributed by atoms with E-state index in [-0.39, 0.29) is 30.1 Å². The molecule has 2 aliphatic rings. The van der Waals surface area contributed by atoms with Crippen LogP contribution in [0.15, 0.2) is 17.1 Å². The van der Waals surface area contributed by atoms with Crippen LogP contribution >= 0.6 is 35.6 Å². The van der Waals surface area contributed by atoms with Crippen LogP contribution in [0.3, 0.4) is 0 Å².